The summed E-state index contributed by atoms with van der Waals surface area (Å²) < 4.78 is 6.02. The number of hydrogen-bond donors (Lipinski definition) is 2. The highest BCUT2D eigenvalue weighted by Crippen LogP contribution is 2.34. The number of aliphatic hydroxyl groups excluding tert-OH is 1. The molecule has 30 heavy (non-hydrogen) atoms. The highest BCUT2D eigenvalue weighted by atomic mass is 79.9. The number of ether oxygens (including phenoxy) is 1. The van der Waals surface area contributed by atoms with Crippen LogP contribution in [0, 0.1) is 0 Å². The molecule has 0 saturated carbocycles. The molecule has 3 rings (SSSR count). The largest absolute Gasteiger partial charge is 0.390 e. The third kappa shape index (κ3) is 5.47. The lowest BCUT2D eigenvalue weighted by Gasteiger charge is -2.19. The summed E-state index contributed by atoms with van der Waals surface area (Å²) in [4.78, 5) is 19.5. The minimum absolute atomic E-state index is 0.206. The van der Waals surface area contributed by atoms with E-state index in [9.17, 15) is 9.90 Å². The number of aliphatic imine (C=N–C) groups is 1. The van der Waals surface area contributed by atoms with E-state index in [1.807, 2.05) is 44.3 Å². The van der Waals surface area contributed by atoms with Gasteiger partial charge in [0.15, 0.2) is 0 Å². The Morgan fingerprint density at radius 2 is 2.03 bits per heavy atom. The van der Waals surface area contributed by atoms with E-state index in [2.05, 4.69) is 26.1 Å². The number of benzene rings is 2. The average Bonchev–Trinajstić information content (AvgIpc) is 3.03. The van der Waals surface area contributed by atoms with E-state index in [0.717, 1.165) is 40.1 Å². The van der Waals surface area contributed by atoms with Crippen molar-refractivity contribution in [3.8, 4) is 0 Å². The van der Waals surface area contributed by atoms with Crippen LogP contribution in [0.2, 0.25) is 0 Å². The van der Waals surface area contributed by atoms with Crippen LogP contribution in [-0.4, -0.2) is 55.2 Å². The Morgan fingerprint density at radius 1 is 1.30 bits per heavy atom. The van der Waals surface area contributed by atoms with Crippen molar-refractivity contribution >= 4 is 33.4 Å². The van der Waals surface area contributed by atoms with E-state index >= 15 is 0 Å². The van der Waals surface area contributed by atoms with E-state index in [-0.39, 0.29) is 5.91 Å². The minimum atomic E-state index is -0.656. The maximum absolute atomic E-state index is 12.7. The summed E-state index contributed by atoms with van der Waals surface area (Å²) in [6.45, 7) is 3.55. The third-order valence-corrected chi connectivity index (χ3v) is 5.89. The molecule has 2 N–H and O–H groups in total. The van der Waals surface area contributed by atoms with E-state index in [1.54, 1.807) is 19.2 Å². The zero-order valence-corrected chi connectivity index (χ0v) is 19.1. The molecule has 0 unspecified atom stereocenters. The fourth-order valence-electron chi connectivity index (χ4n) is 3.56. The van der Waals surface area contributed by atoms with Gasteiger partial charge in [0.25, 0.3) is 5.91 Å². The third-order valence-electron chi connectivity index (χ3n) is 5.36. The van der Waals surface area contributed by atoms with E-state index in [0.29, 0.717) is 18.6 Å². The van der Waals surface area contributed by atoms with Crippen molar-refractivity contribution in [2.75, 3.05) is 27.3 Å². The quantitative estimate of drug-likeness (QED) is 0.363. The Hall–Kier alpha value is -2.22. The van der Waals surface area contributed by atoms with Gasteiger partial charge in [0, 0.05) is 43.8 Å². The number of nitrogens with zero attached hydrogens (tertiary/aromatic N) is 2. The van der Waals surface area contributed by atoms with Crippen molar-refractivity contribution in [2.24, 2.45) is 4.99 Å². The first kappa shape index (κ1) is 22.5. The molecule has 160 valence electrons. The number of rotatable bonds is 7. The second kappa shape index (κ2) is 10.2. The zero-order chi connectivity index (χ0) is 21.7. The van der Waals surface area contributed by atoms with Gasteiger partial charge in [-0.3, -0.25) is 4.79 Å². The number of amides is 1. The highest BCUT2D eigenvalue weighted by molar-refractivity contribution is 9.10. The molecule has 0 bridgehead atoms. The average molecular weight is 474 g/mol. The van der Waals surface area contributed by atoms with Crippen molar-refractivity contribution in [1.29, 1.82) is 0 Å². The molecule has 6 nitrogen and oxygen atoms in total. The lowest BCUT2D eigenvalue weighted by molar-refractivity contribution is 0.0858. The molecule has 1 aliphatic carbocycles. The minimum Gasteiger partial charge on any atom is -0.390 e. The fourth-order valence-corrected chi connectivity index (χ4v) is 3.82. The molecule has 7 heteroatoms. The Morgan fingerprint density at radius 3 is 2.73 bits per heavy atom. The van der Waals surface area contributed by atoms with E-state index in [1.165, 1.54) is 0 Å². The number of fused-ring (bicyclic) bond motifs is 1. The zero-order valence-electron chi connectivity index (χ0n) is 17.6. The van der Waals surface area contributed by atoms with Crippen LogP contribution in [-0.2, 0) is 11.2 Å². The summed E-state index contributed by atoms with van der Waals surface area (Å²) in [7, 11) is 3.71. The van der Waals surface area contributed by atoms with Gasteiger partial charge in [0.1, 0.15) is 5.84 Å². The molecule has 0 aliphatic heterocycles. The molecule has 1 amide bonds. The van der Waals surface area contributed by atoms with Crippen molar-refractivity contribution in [3.63, 3.8) is 0 Å². The van der Waals surface area contributed by atoms with Crippen LogP contribution in [0.5, 0.6) is 0 Å². The Labute approximate surface area is 186 Å². The smallest absolute Gasteiger partial charge is 0.251 e. The van der Waals surface area contributed by atoms with Crippen LogP contribution in [0.15, 0.2) is 51.9 Å². The second-order valence-electron chi connectivity index (χ2n) is 7.54. The predicted molar refractivity (Wildman–Crippen MR) is 122 cm³/mol. The lowest BCUT2D eigenvalue weighted by atomic mass is 10.1. The van der Waals surface area contributed by atoms with Gasteiger partial charge >= 0.3 is 0 Å². The topological polar surface area (TPSA) is 74.2 Å². The first-order valence-corrected chi connectivity index (χ1v) is 10.8. The monoisotopic (exact) mass is 473 g/mol. The molecule has 2 aromatic carbocycles. The fraction of sp³-hybridized carbons (Fsp3) is 0.391. The molecule has 0 heterocycles. The van der Waals surface area contributed by atoms with Crippen LogP contribution in [0.4, 0.5) is 5.69 Å². The van der Waals surface area contributed by atoms with Crippen molar-refractivity contribution in [1.82, 2.24) is 10.2 Å². The normalized spacial score (nSPS) is 18.2. The first-order valence-electron chi connectivity index (χ1n) is 10.0. The van der Waals surface area contributed by atoms with Crippen molar-refractivity contribution < 1.29 is 14.6 Å². The van der Waals surface area contributed by atoms with Gasteiger partial charge in [-0.1, -0.05) is 22.0 Å². The molecule has 0 fully saturated rings. The van der Waals surface area contributed by atoms with Crippen molar-refractivity contribution in [2.45, 2.75) is 31.9 Å². The first-order chi connectivity index (χ1) is 14.4. The number of aliphatic hydroxyl groups is 1. The van der Waals surface area contributed by atoms with Crippen LogP contribution in [0.1, 0.15) is 40.9 Å². The van der Waals surface area contributed by atoms with Gasteiger partial charge in [-0.15, -0.1) is 0 Å². The summed E-state index contributed by atoms with van der Waals surface area (Å²) in [5.74, 6) is 0.697. The van der Waals surface area contributed by atoms with Crippen LogP contribution < -0.4 is 5.32 Å². The Kier molecular flexibility index (Phi) is 7.64. The lowest BCUT2D eigenvalue weighted by Crippen LogP contribution is -2.33. The SMILES string of the molecule is COCCCN(C)/C(C)=N/c1ccc2c(c1)[C@@H](NC(=O)c1ccc(Br)cc1)[C@H](O)C2. The summed E-state index contributed by atoms with van der Waals surface area (Å²) >= 11 is 3.37. The number of hydrogen-bond acceptors (Lipinski definition) is 4. The molecule has 0 aromatic heterocycles. The number of carbonyl (C=O) groups is 1. The number of amidine groups is 1. The van der Waals surface area contributed by atoms with E-state index < -0.39 is 12.1 Å². The second-order valence-corrected chi connectivity index (χ2v) is 8.46. The number of nitrogens with one attached hydrogen (secondary N) is 1. The number of methoxy groups -OCH3 is 1. The Bertz CT molecular complexity index is 914. The maximum Gasteiger partial charge on any atom is 0.251 e. The van der Waals surface area contributed by atoms with Gasteiger partial charge < -0.3 is 20.1 Å². The van der Waals surface area contributed by atoms with Gasteiger partial charge in [-0.05, 0) is 60.9 Å². The number of carbonyl (C=O) groups excluding carboxylic acids is 1. The Balaban J connectivity index is 1.75. The van der Waals surface area contributed by atoms with Gasteiger partial charge in [-0.2, -0.15) is 0 Å². The molecule has 2 aromatic rings. The van der Waals surface area contributed by atoms with Crippen LogP contribution in [0.25, 0.3) is 0 Å². The highest BCUT2D eigenvalue weighted by Gasteiger charge is 2.32. The van der Waals surface area contributed by atoms with Crippen molar-refractivity contribution in [3.05, 3.63) is 63.6 Å². The van der Waals surface area contributed by atoms with E-state index in [4.69, 9.17) is 9.73 Å². The molecule has 0 radical (unpaired) electrons. The van der Waals surface area contributed by atoms with Crippen LogP contribution in [0.3, 0.4) is 0 Å². The summed E-state index contributed by atoms with van der Waals surface area (Å²) in [6.07, 6.45) is 0.789. The van der Waals surface area contributed by atoms with Crippen LogP contribution >= 0.6 is 15.9 Å². The number of halogens is 1. The molecule has 1 aliphatic rings. The molecule has 2 atom stereocenters. The standard InChI is InChI=1S/C23H28BrN3O3/c1-15(27(2)11-4-12-30-3)25-19-10-7-17-13-21(28)22(20(17)14-19)26-23(29)16-5-8-18(24)9-6-16/h5-10,14,21-22,28H,4,11-13H2,1-3H3,(H,26,29)/b25-15+/t21-,22-/m1/s1. The molecular weight excluding hydrogens is 446 g/mol. The van der Waals surface area contributed by atoms with Gasteiger partial charge in [0.2, 0.25) is 0 Å². The summed E-state index contributed by atoms with van der Waals surface area (Å²) in [5.41, 5.74) is 3.32. The molecular formula is C23H28BrN3O3. The summed E-state index contributed by atoms with van der Waals surface area (Å²) in [6, 6.07) is 12.6. The van der Waals surface area contributed by atoms with Gasteiger partial charge in [0.05, 0.1) is 17.8 Å². The molecule has 0 spiro atoms. The van der Waals surface area contributed by atoms with Gasteiger partial charge in [-0.25, -0.2) is 4.99 Å². The molecule has 0 saturated heterocycles. The maximum atomic E-state index is 12.7. The predicted octanol–water partition coefficient (Wildman–Crippen LogP) is 3.86. The summed E-state index contributed by atoms with van der Waals surface area (Å²) in [5, 5.41) is 13.5.